The maximum absolute atomic E-state index is 12.7. The van der Waals surface area contributed by atoms with Gasteiger partial charge in [-0.25, -0.2) is 0 Å². The summed E-state index contributed by atoms with van der Waals surface area (Å²) in [6.45, 7) is 3.15. The van der Waals surface area contributed by atoms with Crippen molar-refractivity contribution in [3.63, 3.8) is 0 Å². The van der Waals surface area contributed by atoms with Crippen LogP contribution in [-0.2, 0) is 4.79 Å². The first-order chi connectivity index (χ1) is 14.8. The Balaban J connectivity index is 1.75. The molecule has 0 saturated carbocycles. The fourth-order valence-electron chi connectivity index (χ4n) is 3.69. The van der Waals surface area contributed by atoms with Crippen LogP contribution in [0.15, 0.2) is 50.1 Å². The summed E-state index contributed by atoms with van der Waals surface area (Å²) in [4.78, 5) is 26.3. The van der Waals surface area contributed by atoms with Crippen molar-refractivity contribution < 1.29 is 19.1 Å². The number of likely N-dealkylation sites (tertiary alicyclic amines) is 1. The molecule has 1 aliphatic rings. The van der Waals surface area contributed by atoms with Gasteiger partial charge in [-0.15, -0.1) is 0 Å². The van der Waals surface area contributed by atoms with Gasteiger partial charge in [0.15, 0.2) is 11.0 Å². The quantitative estimate of drug-likeness (QED) is 0.513. The number of amides is 1. The van der Waals surface area contributed by atoms with Crippen LogP contribution in [0.5, 0.6) is 5.75 Å². The van der Waals surface area contributed by atoms with Gasteiger partial charge in [-0.2, -0.15) is 0 Å². The molecule has 2 aromatic carbocycles. The molecule has 0 unspecified atom stereocenters. The first kappa shape index (κ1) is 21.9. The second kappa shape index (κ2) is 9.02. The number of hydrogen-bond donors (Lipinski definition) is 1. The molecule has 1 aliphatic heterocycles. The summed E-state index contributed by atoms with van der Waals surface area (Å²) in [6, 6.07) is 9.87. The van der Waals surface area contributed by atoms with Crippen molar-refractivity contribution in [3.05, 3.63) is 61.7 Å². The fourth-order valence-corrected chi connectivity index (χ4v) is 4.55. The largest absolute Gasteiger partial charge is 0.491 e. The monoisotopic (exact) mass is 505 g/mol. The zero-order valence-electron chi connectivity index (χ0n) is 16.9. The topological polar surface area (TPSA) is 80.0 Å². The molecule has 3 aromatic rings. The molecule has 1 amide bonds. The minimum Gasteiger partial charge on any atom is -0.491 e. The number of fused-ring (bicyclic) bond motifs is 1. The first-order valence-electron chi connectivity index (χ1n) is 10.00. The Morgan fingerprint density at radius 1 is 1.29 bits per heavy atom. The molecule has 162 valence electrons. The van der Waals surface area contributed by atoms with Crippen LogP contribution in [0.3, 0.4) is 0 Å². The number of carbonyl (C=O) groups excluding carboxylic acids is 1. The zero-order valence-corrected chi connectivity index (χ0v) is 19.2. The summed E-state index contributed by atoms with van der Waals surface area (Å²) in [6.07, 6.45) is 0.685. The maximum Gasteiger partial charge on any atom is 0.222 e. The zero-order chi connectivity index (χ0) is 22.1. The predicted octanol–water partition coefficient (Wildman–Crippen LogP) is 4.93. The third kappa shape index (κ3) is 4.49. The smallest absolute Gasteiger partial charge is 0.222 e. The Bertz CT molecular complexity index is 1210. The molecule has 31 heavy (non-hydrogen) atoms. The van der Waals surface area contributed by atoms with Crippen molar-refractivity contribution >= 4 is 44.4 Å². The summed E-state index contributed by atoms with van der Waals surface area (Å²) < 4.78 is 12.7. The van der Waals surface area contributed by atoms with Crippen molar-refractivity contribution in [2.45, 2.75) is 25.9 Å². The minimum absolute atomic E-state index is 0.129. The van der Waals surface area contributed by atoms with E-state index in [-0.39, 0.29) is 23.7 Å². The Morgan fingerprint density at radius 2 is 2.10 bits per heavy atom. The molecule has 0 radical (unpaired) electrons. The number of aliphatic hydroxyl groups is 1. The second-order valence-corrected chi connectivity index (χ2v) is 8.73. The molecule has 1 N–H and O–H groups in total. The van der Waals surface area contributed by atoms with E-state index < -0.39 is 6.10 Å². The minimum atomic E-state index is -0.750. The molecule has 8 heteroatoms. The van der Waals surface area contributed by atoms with Gasteiger partial charge in [0.2, 0.25) is 5.91 Å². The standard InChI is InChI=1S/C23H21BrClNO5/c1-13(27)15-10-16(21-12-19(28)14-4-2-5-18(25)23(14)31-21)20(11-17(15)24)30-9-8-26-7-3-6-22(26)29/h2,4-5,10-13,27H,3,6-9H2,1H3/t13-/m1/s1. The second-order valence-electron chi connectivity index (χ2n) is 7.47. The summed E-state index contributed by atoms with van der Waals surface area (Å²) in [5, 5.41) is 10.9. The highest BCUT2D eigenvalue weighted by molar-refractivity contribution is 9.10. The van der Waals surface area contributed by atoms with Gasteiger partial charge in [-0.3, -0.25) is 9.59 Å². The normalized spacial score (nSPS) is 15.0. The molecule has 1 fully saturated rings. The average molecular weight is 507 g/mol. The van der Waals surface area contributed by atoms with E-state index in [1.165, 1.54) is 6.07 Å². The third-order valence-electron chi connectivity index (χ3n) is 5.31. The van der Waals surface area contributed by atoms with E-state index in [9.17, 15) is 14.7 Å². The van der Waals surface area contributed by atoms with Gasteiger partial charge in [0, 0.05) is 23.5 Å². The Hall–Kier alpha value is -2.35. The highest BCUT2D eigenvalue weighted by atomic mass is 79.9. The van der Waals surface area contributed by atoms with E-state index >= 15 is 0 Å². The number of nitrogens with zero attached hydrogens (tertiary/aromatic N) is 1. The van der Waals surface area contributed by atoms with Crippen molar-refractivity contribution in [3.8, 4) is 17.1 Å². The van der Waals surface area contributed by atoms with E-state index in [0.717, 1.165) is 13.0 Å². The van der Waals surface area contributed by atoms with Gasteiger partial charge in [0.1, 0.15) is 18.1 Å². The van der Waals surface area contributed by atoms with E-state index in [2.05, 4.69) is 15.9 Å². The third-order valence-corrected chi connectivity index (χ3v) is 6.30. The van der Waals surface area contributed by atoms with Crippen molar-refractivity contribution in [1.82, 2.24) is 4.90 Å². The fraction of sp³-hybridized carbons (Fsp3) is 0.304. The Kier molecular flexibility index (Phi) is 6.36. The van der Waals surface area contributed by atoms with Crippen LogP contribution in [0, 0.1) is 0 Å². The lowest BCUT2D eigenvalue weighted by Gasteiger charge is -2.19. The van der Waals surface area contributed by atoms with E-state index in [4.69, 9.17) is 20.8 Å². The number of aliphatic hydroxyl groups excluding tert-OH is 1. The van der Waals surface area contributed by atoms with E-state index in [1.807, 2.05) is 0 Å². The van der Waals surface area contributed by atoms with Crippen LogP contribution >= 0.6 is 27.5 Å². The van der Waals surface area contributed by atoms with E-state index in [1.54, 1.807) is 42.2 Å². The Labute approximate surface area is 192 Å². The highest BCUT2D eigenvalue weighted by Crippen LogP contribution is 2.38. The maximum atomic E-state index is 12.7. The number of para-hydroxylation sites is 1. The number of benzene rings is 2. The predicted molar refractivity (Wildman–Crippen MR) is 123 cm³/mol. The molecule has 1 saturated heterocycles. The molecule has 0 spiro atoms. The molecule has 0 aliphatic carbocycles. The molecule has 2 heterocycles. The van der Waals surface area contributed by atoms with Crippen molar-refractivity contribution in [2.75, 3.05) is 19.7 Å². The molecular weight excluding hydrogens is 486 g/mol. The summed E-state index contributed by atoms with van der Waals surface area (Å²) >= 11 is 9.73. The number of hydrogen-bond acceptors (Lipinski definition) is 5. The van der Waals surface area contributed by atoms with Gasteiger partial charge in [-0.05, 0) is 43.2 Å². The lowest BCUT2D eigenvalue weighted by atomic mass is 10.0. The number of halogens is 2. The van der Waals surface area contributed by atoms with Crippen molar-refractivity contribution in [1.29, 1.82) is 0 Å². The average Bonchev–Trinajstić information content (AvgIpc) is 3.13. The van der Waals surface area contributed by atoms with Crippen LogP contribution in [0.25, 0.3) is 22.3 Å². The number of carbonyl (C=O) groups is 1. The molecule has 1 atom stereocenters. The Morgan fingerprint density at radius 3 is 2.81 bits per heavy atom. The molecule has 0 bridgehead atoms. The lowest BCUT2D eigenvalue weighted by molar-refractivity contribution is -0.128. The highest BCUT2D eigenvalue weighted by Gasteiger charge is 2.21. The van der Waals surface area contributed by atoms with Gasteiger partial charge in [0.25, 0.3) is 0 Å². The van der Waals surface area contributed by atoms with Crippen LogP contribution in [0.1, 0.15) is 31.4 Å². The van der Waals surface area contributed by atoms with Crippen LogP contribution in [-0.4, -0.2) is 35.6 Å². The van der Waals surface area contributed by atoms with E-state index in [0.29, 0.717) is 50.3 Å². The molecule has 1 aromatic heterocycles. The number of ether oxygens (including phenoxy) is 1. The van der Waals surface area contributed by atoms with Crippen molar-refractivity contribution in [2.24, 2.45) is 0 Å². The van der Waals surface area contributed by atoms with Crippen LogP contribution in [0.2, 0.25) is 5.02 Å². The van der Waals surface area contributed by atoms with Gasteiger partial charge in [-0.1, -0.05) is 33.6 Å². The van der Waals surface area contributed by atoms with Crippen LogP contribution < -0.4 is 10.2 Å². The van der Waals surface area contributed by atoms with Gasteiger partial charge < -0.3 is 19.2 Å². The van der Waals surface area contributed by atoms with Crippen LogP contribution in [0.4, 0.5) is 0 Å². The van der Waals surface area contributed by atoms with Gasteiger partial charge in [0.05, 0.1) is 28.6 Å². The number of rotatable bonds is 6. The summed E-state index contributed by atoms with van der Waals surface area (Å²) in [5.74, 6) is 0.884. The van der Waals surface area contributed by atoms with Gasteiger partial charge >= 0.3 is 0 Å². The molecule has 6 nitrogen and oxygen atoms in total. The lowest BCUT2D eigenvalue weighted by Crippen LogP contribution is -2.29. The SMILES string of the molecule is C[C@@H](O)c1cc(-c2cc(=O)c3cccc(Cl)c3o2)c(OCCN2CCCC2=O)cc1Br. The summed E-state index contributed by atoms with van der Waals surface area (Å²) in [7, 11) is 0. The molecular formula is C23H21BrClNO5. The summed E-state index contributed by atoms with van der Waals surface area (Å²) in [5.41, 5.74) is 1.21. The molecule has 4 rings (SSSR count). The first-order valence-corrected chi connectivity index (χ1v) is 11.2.